The number of aromatic hydroxyl groups is 1. The second kappa shape index (κ2) is 10.2. The Labute approximate surface area is 178 Å². The highest BCUT2D eigenvalue weighted by Gasteiger charge is 2.14. The number of carbonyl (C=O) groups is 2. The number of alkyl carbamates (subject to hydrolysis) is 1. The van der Waals surface area contributed by atoms with Crippen molar-refractivity contribution in [1.29, 1.82) is 0 Å². The zero-order valence-electron chi connectivity index (χ0n) is 15.9. The van der Waals surface area contributed by atoms with E-state index in [9.17, 15) is 14.7 Å². The van der Waals surface area contributed by atoms with Crippen LogP contribution in [0.1, 0.15) is 30.9 Å². The van der Waals surface area contributed by atoms with Crippen LogP contribution in [0.25, 0.3) is 0 Å². The largest absolute Gasteiger partial charge is 0.508 e. The van der Waals surface area contributed by atoms with Crippen molar-refractivity contribution in [2.75, 3.05) is 13.2 Å². The number of carboxylic acids is 1. The number of carboxylic acid groups (broad SMARTS) is 1. The summed E-state index contributed by atoms with van der Waals surface area (Å²) in [5, 5.41) is 21.1. The van der Waals surface area contributed by atoms with Gasteiger partial charge in [0.05, 0.1) is 16.7 Å². The number of amides is 1. The molecule has 0 bridgehead atoms. The molecule has 0 aliphatic carbocycles. The first-order valence-corrected chi connectivity index (χ1v) is 9.54. The van der Waals surface area contributed by atoms with Crippen molar-refractivity contribution in [1.82, 2.24) is 5.32 Å². The number of carbonyl (C=O) groups excluding carboxylic acids is 1. The minimum Gasteiger partial charge on any atom is -0.508 e. The van der Waals surface area contributed by atoms with Crippen molar-refractivity contribution >= 4 is 35.3 Å². The standard InChI is InChI=1S/C20H21Cl2NO6/c1-11(2)14-9-13(3-4-17(14)24)29-19-15(21)7-12(8-16(19)22)5-6-28-20(27)23-10-18(25)26/h3-4,7-9,11,24H,5-6,10H2,1-2H3,(H,23,27)(H,25,26). The monoisotopic (exact) mass is 441 g/mol. The first kappa shape index (κ1) is 22.6. The quantitative estimate of drug-likeness (QED) is 0.533. The maximum Gasteiger partial charge on any atom is 0.407 e. The summed E-state index contributed by atoms with van der Waals surface area (Å²) in [6, 6.07) is 8.18. The average molecular weight is 442 g/mol. The summed E-state index contributed by atoms with van der Waals surface area (Å²) < 4.78 is 10.7. The normalized spacial score (nSPS) is 10.7. The Hall–Kier alpha value is -2.64. The highest BCUT2D eigenvalue weighted by atomic mass is 35.5. The fourth-order valence-corrected chi connectivity index (χ4v) is 3.10. The van der Waals surface area contributed by atoms with E-state index in [1.165, 1.54) is 0 Å². The summed E-state index contributed by atoms with van der Waals surface area (Å²) >= 11 is 12.6. The lowest BCUT2D eigenvalue weighted by molar-refractivity contribution is -0.135. The van der Waals surface area contributed by atoms with Crippen LogP contribution in [0, 0.1) is 0 Å². The van der Waals surface area contributed by atoms with Crippen molar-refractivity contribution in [3.63, 3.8) is 0 Å². The third-order valence-electron chi connectivity index (χ3n) is 3.91. The van der Waals surface area contributed by atoms with Gasteiger partial charge in [-0.1, -0.05) is 37.0 Å². The molecular weight excluding hydrogens is 421 g/mol. The molecule has 1 amide bonds. The average Bonchev–Trinajstić information content (AvgIpc) is 2.64. The summed E-state index contributed by atoms with van der Waals surface area (Å²) in [5.74, 6) is -0.101. The van der Waals surface area contributed by atoms with Crippen molar-refractivity contribution in [3.8, 4) is 17.2 Å². The molecule has 2 aromatic carbocycles. The molecule has 156 valence electrons. The summed E-state index contributed by atoms with van der Waals surface area (Å²) in [5.41, 5.74) is 1.46. The molecule has 0 aliphatic heterocycles. The fourth-order valence-electron chi connectivity index (χ4n) is 2.49. The lowest BCUT2D eigenvalue weighted by atomic mass is 10.0. The van der Waals surface area contributed by atoms with E-state index < -0.39 is 18.6 Å². The van der Waals surface area contributed by atoms with Crippen LogP contribution in [0.15, 0.2) is 30.3 Å². The molecule has 0 aliphatic rings. The van der Waals surface area contributed by atoms with Crippen LogP contribution in [0.4, 0.5) is 4.79 Å². The molecule has 7 nitrogen and oxygen atoms in total. The maximum absolute atomic E-state index is 11.3. The van der Waals surface area contributed by atoms with Crippen molar-refractivity contribution in [2.24, 2.45) is 0 Å². The molecular formula is C20H21Cl2NO6. The van der Waals surface area contributed by atoms with Crippen molar-refractivity contribution in [3.05, 3.63) is 51.5 Å². The van der Waals surface area contributed by atoms with Gasteiger partial charge >= 0.3 is 12.1 Å². The summed E-state index contributed by atoms with van der Waals surface area (Å²) in [6.45, 7) is 3.42. The molecule has 0 saturated heterocycles. The molecule has 0 spiro atoms. The summed E-state index contributed by atoms with van der Waals surface area (Å²) in [6.07, 6.45) is -0.491. The Kier molecular flexibility index (Phi) is 7.99. The minimum absolute atomic E-state index is 0.0218. The van der Waals surface area contributed by atoms with Gasteiger partial charge in [0.25, 0.3) is 0 Å². The second-order valence-corrected chi connectivity index (χ2v) is 7.31. The SMILES string of the molecule is CC(C)c1cc(Oc2c(Cl)cc(CCOC(=O)NCC(=O)O)cc2Cl)ccc1O. The number of benzene rings is 2. The van der Waals surface area contributed by atoms with E-state index in [1.807, 2.05) is 13.8 Å². The number of aliphatic carboxylic acids is 1. The lowest BCUT2D eigenvalue weighted by Crippen LogP contribution is -2.30. The van der Waals surface area contributed by atoms with E-state index in [0.29, 0.717) is 17.7 Å². The van der Waals surface area contributed by atoms with Crippen LogP contribution in [0.5, 0.6) is 17.2 Å². The first-order valence-electron chi connectivity index (χ1n) is 8.78. The highest BCUT2D eigenvalue weighted by molar-refractivity contribution is 6.37. The van der Waals surface area contributed by atoms with E-state index in [2.05, 4.69) is 5.32 Å². The minimum atomic E-state index is -1.16. The summed E-state index contributed by atoms with van der Waals surface area (Å²) in [7, 11) is 0. The molecule has 9 heteroatoms. The van der Waals surface area contributed by atoms with Gasteiger partial charge in [-0.25, -0.2) is 4.79 Å². The van der Waals surface area contributed by atoms with Crippen LogP contribution in [-0.2, 0) is 16.0 Å². The number of ether oxygens (including phenoxy) is 2. The number of halogens is 2. The number of rotatable bonds is 8. The van der Waals surface area contributed by atoms with Gasteiger partial charge in [0.2, 0.25) is 0 Å². The Morgan fingerprint density at radius 1 is 1.14 bits per heavy atom. The van der Waals surface area contributed by atoms with Crippen LogP contribution < -0.4 is 10.1 Å². The van der Waals surface area contributed by atoms with Gasteiger partial charge in [-0.3, -0.25) is 4.79 Å². The highest BCUT2D eigenvalue weighted by Crippen LogP contribution is 2.39. The Morgan fingerprint density at radius 3 is 2.38 bits per heavy atom. The molecule has 29 heavy (non-hydrogen) atoms. The number of phenolic OH excluding ortho intramolecular Hbond substituents is 1. The number of nitrogens with one attached hydrogen (secondary N) is 1. The maximum atomic E-state index is 11.3. The van der Waals surface area contributed by atoms with Gasteiger partial charge in [-0.05, 0) is 41.8 Å². The van der Waals surface area contributed by atoms with Gasteiger partial charge in [-0.2, -0.15) is 0 Å². The van der Waals surface area contributed by atoms with Crippen LogP contribution >= 0.6 is 23.2 Å². The van der Waals surface area contributed by atoms with Gasteiger partial charge < -0.3 is 25.0 Å². The van der Waals surface area contributed by atoms with Crippen molar-refractivity contribution < 1.29 is 29.3 Å². The number of hydrogen-bond acceptors (Lipinski definition) is 5. The van der Waals surface area contributed by atoms with Crippen LogP contribution in [0.3, 0.4) is 0 Å². The fraction of sp³-hybridized carbons (Fsp3) is 0.300. The molecule has 0 saturated carbocycles. The Bertz CT molecular complexity index is 878. The first-order chi connectivity index (χ1) is 13.7. The predicted molar refractivity (Wildman–Crippen MR) is 109 cm³/mol. The third-order valence-corrected chi connectivity index (χ3v) is 4.47. The topological polar surface area (TPSA) is 105 Å². The second-order valence-electron chi connectivity index (χ2n) is 6.50. The van der Waals surface area contributed by atoms with Crippen molar-refractivity contribution in [2.45, 2.75) is 26.2 Å². The molecule has 0 fully saturated rings. The molecule has 2 aromatic rings. The Balaban J connectivity index is 2.03. The van der Waals surface area contributed by atoms with Gasteiger partial charge in [-0.15, -0.1) is 0 Å². The molecule has 0 heterocycles. The zero-order valence-corrected chi connectivity index (χ0v) is 17.4. The molecule has 0 aromatic heterocycles. The van der Waals surface area contributed by atoms with Crippen LogP contribution in [0.2, 0.25) is 10.0 Å². The molecule has 0 atom stereocenters. The van der Waals surface area contributed by atoms with Crippen LogP contribution in [-0.4, -0.2) is 35.4 Å². The predicted octanol–water partition coefficient (Wildman–Crippen LogP) is 4.97. The molecule has 0 unspecified atom stereocenters. The molecule has 2 rings (SSSR count). The van der Waals surface area contributed by atoms with Gasteiger partial charge in [0, 0.05) is 12.0 Å². The Morgan fingerprint density at radius 2 is 1.79 bits per heavy atom. The number of phenols is 1. The zero-order chi connectivity index (χ0) is 21.6. The van der Waals surface area contributed by atoms with Gasteiger partial charge in [0.1, 0.15) is 18.0 Å². The summed E-state index contributed by atoms with van der Waals surface area (Å²) in [4.78, 5) is 21.7. The van der Waals surface area contributed by atoms with E-state index in [4.69, 9.17) is 37.8 Å². The van der Waals surface area contributed by atoms with E-state index in [0.717, 1.165) is 5.56 Å². The lowest BCUT2D eigenvalue weighted by Gasteiger charge is -2.14. The van der Waals surface area contributed by atoms with Gasteiger partial charge in [0.15, 0.2) is 5.75 Å². The van der Waals surface area contributed by atoms with E-state index in [1.54, 1.807) is 30.3 Å². The smallest absolute Gasteiger partial charge is 0.407 e. The molecule has 0 radical (unpaired) electrons. The number of hydrogen-bond donors (Lipinski definition) is 3. The van der Waals surface area contributed by atoms with E-state index in [-0.39, 0.29) is 34.1 Å². The third kappa shape index (κ3) is 6.73. The molecule has 3 N–H and O–H groups in total. The van der Waals surface area contributed by atoms with E-state index >= 15 is 0 Å².